The first kappa shape index (κ1) is 17.2. The standard InChI is InChI=1S/C17H14Cl2N2O2S2/c18-12-8-7-11(10-13(12)19)25(22,23)21-9-3-5-15(21)17-20-14-4-1-2-6-16(14)24-17/h1-2,4,6-8,10,15H,3,5,9H2/t15-/m0/s1. The first-order valence-electron chi connectivity index (χ1n) is 7.79. The Hall–Kier alpha value is -1.18. The van der Waals surface area contributed by atoms with Crippen LogP contribution in [0.25, 0.3) is 10.2 Å². The maximum absolute atomic E-state index is 13.1. The highest BCUT2D eigenvalue weighted by molar-refractivity contribution is 7.89. The van der Waals surface area contributed by atoms with Gasteiger partial charge in [-0.2, -0.15) is 4.31 Å². The van der Waals surface area contributed by atoms with Gasteiger partial charge >= 0.3 is 0 Å². The highest BCUT2D eigenvalue weighted by Gasteiger charge is 2.38. The molecular weight excluding hydrogens is 399 g/mol. The molecule has 0 bridgehead atoms. The van der Waals surface area contributed by atoms with Crippen LogP contribution in [0.15, 0.2) is 47.4 Å². The molecule has 0 spiro atoms. The van der Waals surface area contributed by atoms with Crippen molar-refractivity contribution in [2.75, 3.05) is 6.54 Å². The Bertz CT molecular complexity index is 1020. The van der Waals surface area contributed by atoms with E-state index in [4.69, 9.17) is 23.2 Å². The molecule has 0 radical (unpaired) electrons. The Balaban J connectivity index is 1.74. The highest BCUT2D eigenvalue weighted by Crippen LogP contribution is 2.40. The molecule has 0 N–H and O–H groups in total. The van der Waals surface area contributed by atoms with Gasteiger partial charge in [0.05, 0.1) is 31.2 Å². The number of hydrogen-bond acceptors (Lipinski definition) is 4. The Kier molecular flexibility index (Phi) is 4.50. The summed E-state index contributed by atoms with van der Waals surface area (Å²) in [5, 5.41) is 1.41. The molecule has 0 amide bonds. The second kappa shape index (κ2) is 6.52. The van der Waals surface area contributed by atoms with Gasteiger partial charge < -0.3 is 0 Å². The van der Waals surface area contributed by atoms with Gasteiger partial charge in [-0.25, -0.2) is 13.4 Å². The lowest BCUT2D eigenvalue weighted by atomic mass is 10.2. The van der Waals surface area contributed by atoms with Gasteiger partial charge in [-0.3, -0.25) is 0 Å². The average molecular weight is 413 g/mol. The Morgan fingerprint density at radius 2 is 1.92 bits per heavy atom. The Morgan fingerprint density at radius 1 is 1.12 bits per heavy atom. The summed E-state index contributed by atoms with van der Waals surface area (Å²) in [5.74, 6) is 0. The quantitative estimate of drug-likeness (QED) is 0.598. The van der Waals surface area contributed by atoms with Crippen LogP contribution in [0.4, 0.5) is 0 Å². The summed E-state index contributed by atoms with van der Waals surface area (Å²) in [6.07, 6.45) is 1.57. The molecule has 0 unspecified atom stereocenters. The Morgan fingerprint density at radius 3 is 2.68 bits per heavy atom. The molecule has 1 aromatic heterocycles. The van der Waals surface area contributed by atoms with Crippen LogP contribution in [0, 0.1) is 0 Å². The molecule has 3 aromatic rings. The fourth-order valence-corrected chi connectivity index (χ4v) is 6.31. The van der Waals surface area contributed by atoms with E-state index in [2.05, 4.69) is 4.98 Å². The van der Waals surface area contributed by atoms with Gasteiger partial charge in [-0.1, -0.05) is 35.3 Å². The summed E-state index contributed by atoms with van der Waals surface area (Å²) in [7, 11) is -3.66. The molecule has 8 heteroatoms. The van der Waals surface area contributed by atoms with Crippen molar-refractivity contribution in [3.05, 3.63) is 57.5 Å². The monoisotopic (exact) mass is 412 g/mol. The molecule has 1 atom stereocenters. The van der Waals surface area contributed by atoms with E-state index in [0.29, 0.717) is 11.6 Å². The maximum Gasteiger partial charge on any atom is 0.243 e. The van der Waals surface area contributed by atoms with Gasteiger partial charge in [0.15, 0.2) is 0 Å². The van der Waals surface area contributed by atoms with Gasteiger partial charge in [-0.05, 0) is 43.2 Å². The van der Waals surface area contributed by atoms with Gasteiger partial charge in [-0.15, -0.1) is 11.3 Å². The van der Waals surface area contributed by atoms with Gasteiger partial charge in [0.1, 0.15) is 5.01 Å². The molecule has 1 aliphatic heterocycles. The lowest BCUT2D eigenvalue weighted by molar-refractivity contribution is 0.396. The Labute approximate surface area is 160 Å². The average Bonchev–Trinajstić information content (AvgIpc) is 3.23. The third-order valence-corrected chi connectivity index (χ3v) is 8.08. The summed E-state index contributed by atoms with van der Waals surface area (Å²) in [6.45, 7) is 0.475. The van der Waals surface area contributed by atoms with E-state index in [-0.39, 0.29) is 16.0 Å². The van der Waals surface area contributed by atoms with Crippen molar-refractivity contribution in [2.45, 2.75) is 23.8 Å². The van der Waals surface area contributed by atoms with Crippen molar-refractivity contribution < 1.29 is 8.42 Å². The number of hydrogen-bond donors (Lipinski definition) is 0. The van der Waals surface area contributed by atoms with E-state index in [1.165, 1.54) is 22.5 Å². The summed E-state index contributed by atoms with van der Waals surface area (Å²) >= 11 is 13.5. The fraction of sp³-hybridized carbons (Fsp3) is 0.235. The minimum atomic E-state index is -3.66. The van der Waals surface area contributed by atoms with Crippen LogP contribution in [-0.4, -0.2) is 24.3 Å². The molecule has 1 saturated heterocycles. The molecule has 0 aliphatic carbocycles. The molecule has 0 saturated carbocycles. The van der Waals surface area contributed by atoms with Crippen LogP contribution >= 0.6 is 34.5 Å². The number of thiazole rings is 1. The predicted molar refractivity (Wildman–Crippen MR) is 102 cm³/mol. The smallest absolute Gasteiger partial charge is 0.239 e. The molecule has 4 nitrogen and oxygen atoms in total. The third kappa shape index (κ3) is 3.06. The van der Waals surface area contributed by atoms with Crippen LogP contribution in [0.2, 0.25) is 10.0 Å². The van der Waals surface area contributed by atoms with Crippen LogP contribution in [0.3, 0.4) is 0 Å². The van der Waals surface area contributed by atoms with Crippen LogP contribution < -0.4 is 0 Å². The van der Waals surface area contributed by atoms with Crippen molar-refractivity contribution in [3.8, 4) is 0 Å². The highest BCUT2D eigenvalue weighted by atomic mass is 35.5. The molecular formula is C17H14Cl2N2O2S2. The van der Waals surface area contributed by atoms with E-state index < -0.39 is 10.0 Å². The largest absolute Gasteiger partial charge is 0.243 e. The maximum atomic E-state index is 13.1. The second-order valence-electron chi connectivity index (χ2n) is 5.87. The zero-order valence-corrected chi connectivity index (χ0v) is 16.2. The number of rotatable bonds is 3. The SMILES string of the molecule is O=S(=O)(c1ccc(Cl)c(Cl)c1)N1CCC[C@H]1c1nc2ccccc2s1. The number of sulfonamides is 1. The van der Waals surface area contributed by atoms with Crippen LogP contribution in [-0.2, 0) is 10.0 Å². The second-order valence-corrected chi connectivity index (χ2v) is 9.64. The summed E-state index contributed by atoms with van der Waals surface area (Å²) in [5.41, 5.74) is 0.904. The fourth-order valence-electron chi connectivity index (χ4n) is 3.08. The first-order chi connectivity index (χ1) is 12.0. The van der Waals surface area contributed by atoms with Gasteiger partial charge in [0.2, 0.25) is 10.0 Å². The van der Waals surface area contributed by atoms with Crippen molar-refractivity contribution in [1.29, 1.82) is 0 Å². The van der Waals surface area contributed by atoms with E-state index >= 15 is 0 Å². The van der Waals surface area contributed by atoms with E-state index in [9.17, 15) is 8.42 Å². The topological polar surface area (TPSA) is 50.3 Å². The summed E-state index contributed by atoms with van der Waals surface area (Å²) in [4.78, 5) is 4.81. The van der Waals surface area contributed by atoms with Crippen molar-refractivity contribution in [3.63, 3.8) is 0 Å². The lowest BCUT2D eigenvalue weighted by Gasteiger charge is -2.22. The van der Waals surface area contributed by atoms with Crippen LogP contribution in [0.1, 0.15) is 23.9 Å². The van der Waals surface area contributed by atoms with Crippen molar-refractivity contribution >= 4 is 54.8 Å². The number of halogens is 2. The van der Waals surface area contributed by atoms with Crippen molar-refractivity contribution in [2.24, 2.45) is 0 Å². The van der Waals surface area contributed by atoms with Gasteiger partial charge in [0, 0.05) is 6.54 Å². The molecule has 1 aliphatic rings. The molecule has 4 rings (SSSR count). The minimum Gasteiger partial charge on any atom is -0.239 e. The molecule has 2 heterocycles. The molecule has 130 valence electrons. The predicted octanol–water partition coefficient (Wildman–Crippen LogP) is 5.13. The lowest BCUT2D eigenvalue weighted by Crippen LogP contribution is -2.30. The van der Waals surface area contributed by atoms with E-state index in [1.54, 1.807) is 11.3 Å². The number of nitrogens with zero attached hydrogens (tertiary/aromatic N) is 2. The summed E-state index contributed by atoms with van der Waals surface area (Å²) in [6, 6.07) is 12.0. The zero-order valence-electron chi connectivity index (χ0n) is 13.0. The normalized spacial score (nSPS) is 18.9. The number of fused-ring (bicyclic) bond motifs is 1. The summed E-state index contributed by atoms with van der Waals surface area (Å²) < 4.78 is 28.8. The zero-order chi connectivity index (χ0) is 17.6. The van der Waals surface area contributed by atoms with E-state index in [1.807, 2.05) is 24.3 Å². The number of benzene rings is 2. The van der Waals surface area contributed by atoms with Crippen molar-refractivity contribution in [1.82, 2.24) is 9.29 Å². The first-order valence-corrected chi connectivity index (χ1v) is 10.8. The molecule has 2 aromatic carbocycles. The van der Waals surface area contributed by atoms with E-state index in [0.717, 1.165) is 28.1 Å². The third-order valence-electron chi connectivity index (χ3n) is 4.30. The minimum absolute atomic E-state index is 0.162. The number of aromatic nitrogens is 1. The molecule has 1 fully saturated rings. The van der Waals surface area contributed by atoms with Crippen LogP contribution in [0.5, 0.6) is 0 Å². The van der Waals surface area contributed by atoms with Gasteiger partial charge in [0.25, 0.3) is 0 Å². The molecule has 25 heavy (non-hydrogen) atoms. The number of para-hydroxylation sites is 1.